The second-order valence-corrected chi connectivity index (χ2v) is 3.37. The van der Waals surface area contributed by atoms with Crippen LogP contribution in [0.1, 0.15) is 19.5 Å². The van der Waals surface area contributed by atoms with Crippen molar-refractivity contribution < 1.29 is 0 Å². The van der Waals surface area contributed by atoms with Gasteiger partial charge in [0.15, 0.2) is 0 Å². The zero-order valence-electron chi connectivity index (χ0n) is 8.12. The molecule has 0 aromatic carbocycles. The summed E-state index contributed by atoms with van der Waals surface area (Å²) in [6.45, 7) is 5.63. The summed E-state index contributed by atoms with van der Waals surface area (Å²) in [7, 11) is 0. The fraction of sp³-hybridized carbons (Fsp3) is 0.556. The van der Waals surface area contributed by atoms with E-state index >= 15 is 0 Å². The van der Waals surface area contributed by atoms with Crippen LogP contribution in [0.15, 0.2) is 12.4 Å². The maximum absolute atomic E-state index is 5.44. The predicted octanol–water partition coefficient (Wildman–Crippen LogP) is 1.00. The van der Waals surface area contributed by atoms with Crippen LogP contribution >= 0.6 is 0 Å². The molecule has 0 spiro atoms. The summed E-state index contributed by atoms with van der Waals surface area (Å²) >= 11 is 0. The highest BCUT2D eigenvalue weighted by molar-refractivity contribution is 5.31. The smallest absolute Gasteiger partial charge is 0.144 e. The van der Waals surface area contributed by atoms with Gasteiger partial charge in [-0.3, -0.25) is 4.98 Å². The van der Waals surface area contributed by atoms with Crippen LogP contribution in [0.4, 0.5) is 5.82 Å². The molecule has 4 nitrogen and oxygen atoms in total. The zero-order chi connectivity index (χ0) is 9.68. The predicted molar refractivity (Wildman–Crippen MR) is 53.3 cm³/mol. The average molecular weight is 180 g/mol. The standard InChI is InChI=1S/C9H16N4/c1-7(2)4-12-9-6-11-5-8(3-10)13-9/h5-7H,3-4,10H2,1-2H3,(H,12,13). The minimum Gasteiger partial charge on any atom is -0.369 e. The number of hydrogen-bond acceptors (Lipinski definition) is 4. The van der Waals surface area contributed by atoms with Crippen LogP contribution in [-0.2, 0) is 6.54 Å². The first kappa shape index (κ1) is 9.92. The van der Waals surface area contributed by atoms with Crippen LogP contribution in [-0.4, -0.2) is 16.5 Å². The van der Waals surface area contributed by atoms with Gasteiger partial charge in [0.1, 0.15) is 5.82 Å². The Bertz CT molecular complexity index is 260. The first-order chi connectivity index (χ1) is 6.22. The number of nitrogens with one attached hydrogen (secondary N) is 1. The van der Waals surface area contributed by atoms with E-state index < -0.39 is 0 Å². The molecule has 0 bridgehead atoms. The van der Waals surface area contributed by atoms with Gasteiger partial charge < -0.3 is 11.1 Å². The maximum Gasteiger partial charge on any atom is 0.144 e. The van der Waals surface area contributed by atoms with Crippen molar-refractivity contribution in [1.82, 2.24) is 9.97 Å². The molecule has 0 unspecified atom stereocenters. The third-order valence-corrected chi connectivity index (χ3v) is 1.59. The molecular weight excluding hydrogens is 164 g/mol. The minimum atomic E-state index is 0.435. The quantitative estimate of drug-likeness (QED) is 0.725. The zero-order valence-corrected chi connectivity index (χ0v) is 8.12. The first-order valence-corrected chi connectivity index (χ1v) is 4.47. The van der Waals surface area contributed by atoms with Crippen LogP contribution in [0, 0.1) is 5.92 Å². The molecule has 1 aromatic heterocycles. The van der Waals surface area contributed by atoms with E-state index in [1.54, 1.807) is 12.4 Å². The fourth-order valence-corrected chi connectivity index (χ4v) is 0.899. The van der Waals surface area contributed by atoms with Crippen LogP contribution in [0.25, 0.3) is 0 Å². The van der Waals surface area contributed by atoms with Crippen molar-refractivity contribution in [2.45, 2.75) is 20.4 Å². The Kier molecular flexibility index (Phi) is 3.64. The number of aromatic nitrogens is 2. The van der Waals surface area contributed by atoms with Crippen LogP contribution in [0.2, 0.25) is 0 Å². The Hall–Kier alpha value is -1.16. The normalized spacial score (nSPS) is 10.5. The summed E-state index contributed by atoms with van der Waals surface area (Å²) in [6.07, 6.45) is 3.39. The maximum atomic E-state index is 5.44. The monoisotopic (exact) mass is 180 g/mol. The van der Waals surface area contributed by atoms with Crippen molar-refractivity contribution >= 4 is 5.82 Å². The van der Waals surface area contributed by atoms with E-state index in [1.165, 1.54) is 0 Å². The molecule has 13 heavy (non-hydrogen) atoms. The highest BCUT2D eigenvalue weighted by atomic mass is 15.0. The van der Waals surface area contributed by atoms with Crippen LogP contribution < -0.4 is 11.1 Å². The van der Waals surface area contributed by atoms with Gasteiger partial charge in [-0.25, -0.2) is 4.98 Å². The van der Waals surface area contributed by atoms with Crippen molar-refractivity contribution in [3.63, 3.8) is 0 Å². The van der Waals surface area contributed by atoms with Crippen LogP contribution in [0.3, 0.4) is 0 Å². The van der Waals surface area contributed by atoms with Gasteiger partial charge in [0.2, 0.25) is 0 Å². The number of nitrogens with two attached hydrogens (primary N) is 1. The molecule has 1 rings (SSSR count). The molecule has 72 valence electrons. The molecule has 3 N–H and O–H groups in total. The lowest BCUT2D eigenvalue weighted by Crippen LogP contribution is -2.11. The molecule has 0 aliphatic heterocycles. The Balaban J connectivity index is 2.56. The Morgan fingerprint density at radius 3 is 2.85 bits per heavy atom. The highest BCUT2D eigenvalue weighted by Gasteiger charge is 1.97. The van der Waals surface area contributed by atoms with Gasteiger partial charge in [0.05, 0.1) is 11.9 Å². The van der Waals surface area contributed by atoms with Crippen molar-refractivity contribution in [1.29, 1.82) is 0 Å². The molecule has 4 heteroatoms. The molecular formula is C9H16N4. The lowest BCUT2D eigenvalue weighted by molar-refractivity contribution is 0.686. The van der Waals surface area contributed by atoms with Gasteiger partial charge in [-0.05, 0) is 5.92 Å². The van der Waals surface area contributed by atoms with Crippen molar-refractivity contribution in [3.8, 4) is 0 Å². The molecule has 1 aromatic rings. The lowest BCUT2D eigenvalue weighted by Gasteiger charge is -2.07. The van der Waals surface area contributed by atoms with Gasteiger partial charge >= 0.3 is 0 Å². The summed E-state index contributed by atoms with van der Waals surface area (Å²) in [5.41, 5.74) is 6.26. The van der Waals surface area contributed by atoms with Crippen molar-refractivity contribution in [2.24, 2.45) is 11.7 Å². The van der Waals surface area contributed by atoms with E-state index in [1.807, 2.05) is 0 Å². The summed E-state index contributed by atoms with van der Waals surface area (Å²) in [5.74, 6) is 1.40. The largest absolute Gasteiger partial charge is 0.369 e. The molecule has 0 fully saturated rings. The van der Waals surface area contributed by atoms with E-state index in [0.29, 0.717) is 12.5 Å². The van der Waals surface area contributed by atoms with E-state index in [4.69, 9.17) is 5.73 Å². The molecule has 0 saturated carbocycles. The number of rotatable bonds is 4. The third kappa shape index (κ3) is 3.38. The van der Waals surface area contributed by atoms with E-state index in [9.17, 15) is 0 Å². The summed E-state index contributed by atoms with van der Waals surface area (Å²) in [6, 6.07) is 0. The molecule has 0 saturated heterocycles. The first-order valence-electron chi connectivity index (χ1n) is 4.47. The van der Waals surface area contributed by atoms with Gasteiger partial charge in [-0.2, -0.15) is 0 Å². The fourth-order valence-electron chi connectivity index (χ4n) is 0.899. The van der Waals surface area contributed by atoms with E-state index in [-0.39, 0.29) is 0 Å². The average Bonchev–Trinajstić information content (AvgIpc) is 2.15. The number of nitrogens with zero attached hydrogens (tertiary/aromatic N) is 2. The number of hydrogen-bond donors (Lipinski definition) is 2. The second-order valence-electron chi connectivity index (χ2n) is 3.37. The van der Waals surface area contributed by atoms with Crippen molar-refractivity contribution in [2.75, 3.05) is 11.9 Å². The third-order valence-electron chi connectivity index (χ3n) is 1.59. The minimum absolute atomic E-state index is 0.435. The topological polar surface area (TPSA) is 63.8 Å². The van der Waals surface area contributed by atoms with Gasteiger partial charge in [0.25, 0.3) is 0 Å². The number of anilines is 1. The molecule has 0 aliphatic rings. The van der Waals surface area contributed by atoms with E-state index in [2.05, 4.69) is 29.1 Å². The summed E-state index contributed by atoms with van der Waals surface area (Å²) in [4.78, 5) is 8.29. The molecule has 0 aliphatic carbocycles. The molecule has 1 heterocycles. The summed E-state index contributed by atoms with van der Waals surface area (Å²) in [5, 5.41) is 3.19. The molecule has 0 amide bonds. The van der Waals surface area contributed by atoms with Gasteiger partial charge in [0, 0.05) is 19.3 Å². The summed E-state index contributed by atoms with van der Waals surface area (Å²) < 4.78 is 0. The Labute approximate surface area is 78.6 Å². The second kappa shape index (κ2) is 4.77. The molecule has 0 radical (unpaired) electrons. The Morgan fingerprint density at radius 2 is 2.23 bits per heavy atom. The lowest BCUT2D eigenvalue weighted by atomic mass is 10.2. The van der Waals surface area contributed by atoms with E-state index in [0.717, 1.165) is 18.1 Å². The van der Waals surface area contributed by atoms with Gasteiger partial charge in [-0.1, -0.05) is 13.8 Å². The highest BCUT2D eigenvalue weighted by Crippen LogP contribution is 2.02. The SMILES string of the molecule is CC(C)CNc1cncc(CN)n1. The molecule has 0 atom stereocenters. The van der Waals surface area contributed by atoms with Gasteiger partial charge in [-0.15, -0.1) is 0 Å². The van der Waals surface area contributed by atoms with Crippen LogP contribution in [0.5, 0.6) is 0 Å². The Morgan fingerprint density at radius 1 is 1.46 bits per heavy atom. The van der Waals surface area contributed by atoms with Crippen molar-refractivity contribution in [3.05, 3.63) is 18.1 Å².